The first kappa shape index (κ1) is 17.7. The summed E-state index contributed by atoms with van der Waals surface area (Å²) in [5.74, 6) is 0.290. The maximum Gasteiger partial charge on any atom is 0.253 e. The lowest BCUT2D eigenvalue weighted by Crippen LogP contribution is -2.28. The van der Waals surface area contributed by atoms with Crippen molar-refractivity contribution in [1.29, 1.82) is 0 Å². The predicted octanol–water partition coefficient (Wildman–Crippen LogP) is 5.16. The number of fused-ring (bicyclic) bond motifs is 1. The van der Waals surface area contributed by atoms with Gasteiger partial charge in [-0.2, -0.15) is 5.10 Å². The van der Waals surface area contributed by atoms with Gasteiger partial charge >= 0.3 is 0 Å². The second kappa shape index (κ2) is 7.54. The van der Waals surface area contributed by atoms with E-state index in [2.05, 4.69) is 22.1 Å². The van der Waals surface area contributed by atoms with Crippen LogP contribution in [0.5, 0.6) is 0 Å². The van der Waals surface area contributed by atoms with Gasteiger partial charge in [-0.1, -0.05) is 36.0 Å². The maximum atomic E-state index is 13.0. The Labute approximate surface area is 174 Å². The SMILES string of the molecule is O=C(CSc1nc2ccccc2[nH]1)N1N=C(c2cccs2)C[C@H]1c1cccs1. The zero-order valence-corrected chi connectivity index (χ0v) is 17.2. The molecule has 1 aliphatic heterocycles. The number of hydrogen-bond acceptors (Lipinski definition) is 6. The summed E-state index contributed by atoms with van der Waals surface area (Å²) in [6.45, 7) is 0. The fraction of sp³-hybridized carbons (Fsp3) is 0.150. The fourth-order valence-corrected chi connectivity index (χ4v) is 5.50. The third kappa shape index (κ3) is 3.39. The van der Waals surface area contributed by atoms with Crippen LogP contribution in [0.25, 0.3) is 11.0 Å². The van der Waals surface area contributed by atoms with Crippen LogP contribution in [0.2, 0.25) is 0 Å². The lowest BCUT2D eigenvalue weighted by atomic mass is 10.1. The molecular formula is C20H16N4OS3. The van der Waals surface area contributed by atoms with E-state index in [9.17, 15) is 4.79 Å². The highest BCUT2D eigenvalue weighted by Gasteiger charge is 2.34. The first-order valence-electron chi connectivity index (χ1n) is 8.82. The van der Waals surface area contributed by atoms with E-state index >= 15 is 0 Å². The minimum atomic E-state index is -0.0270. The molecule has 0 saturated carbocycles. The quantitative estimate of drug-likeness (QED) is 0.450. The lowest BCUT2D eigenvalue weighted by Gasteiger charge is -2.20. The van der Waals surface area contributed by atoms with Crippen LogP contribution in [-0.2, 0) is 4.79 Å². The molecule has 8 heteroatoms. The Morgan fingerprint density at radius 2 is 2.00 bits per heavy atom. The molecule has 4 heterocycles. The number of nitrogens with one attached hydrogen (secondary N) is 1. The first-order chi connectivity index (χ1) is 13.8. The number of H-pyrrole nitrogens is 1. The van der Waals surface area contributed by atoms with Gasteiger partial charge in [-0.05, 0) is 35.0 Å². The molecule has 0 fully saturated rings. The number of hydrogen-bond donors (Lipinski definition) is 1. The van der Waals surface area contributed by atoms with E-state index in [-0.39, 0.29) is 11.9 Å². The molecule has 28 heavy (non-hydrogen) atoms. The van der Waals surface area contributed by atoms with E-state index in [0.29, 0.717) is 5.75 Å². The summed E-state index contributed by atoms with van der Waals surface area (Å²) >= 11 is 4.75. The van der Waals surface area contributed by atoms with Gasteiger partial charge < -0.3 is 4.98 Å². The molecule has 1 N–H and O–H groups in total. The molecule has 1 atom stereocenters. The van der Waals surface area contributed by atoms with Crippen molar-refractivity contribution in [1.82, 2.24) is 15.0 Å². The van der Waals surface area contributed by atoms with Gasteiger partial charge in [-0.25, -0.2) is 9.99 Å². The zero-order chi connectivity index (χ0) is 18.9. The van der Waals surface area contributed by atoms with Crippen molar-refractivity contribution >= 4 is 57.1 Å². The molecule has 1 amide bonds. The Balaban J connectivity index is 1.36. The number of aromatic nitrogens is 2. The smallest absolute Gasteiger partial charge is 0.253 e. The summed E-state index contributed by atoms with van der Waals surface area (Å²) in [7, 11) is 0. The van der Waals surface area contributed by atoms with Gasteiger partial charge in [0.05, 0.1) is 33.4 Å². The number of para-hydroxylation sites is 2. The molecule has 140 valence electrons. The highest BCUT2D eigenvalue weighted by Crippen LogP contribution is 2.36. The predicted molar refractivity (Wildman–Crippen MR) is 116 cm³/mol. The van der Waals surface area contributed by atoms with Crippen LogP contribution in [0.1, 0.15) is 22.2 Å². The standard InChI is InChI=1S/C20H16N4OS3/c25-19(12-28-20-21-13-5-1-2-6-14(13)22-20)24-16(18-8-4-10-27-18)11-15(23-24)17-7-3-9-26-17/h1-10,16H,11-12H2,(H,21,22)/t16-/m0/s1. The number of carbonyl (C=O) groups excluding carboxylic acids is 1. The van der Waals surface area contributed by atoms with Crippen LogP contribution in [0.3, 0.4) is 0 Å². The molecule has 0 unspecified atom stereocenters. The van der Waals surface area contributed by atoms with E-state index in [1.807, 2.05) is 47.2 Å². The average Bonchev–Trinajstić information content (AvgIpc) is 3.50. The molecule has 3 aromatic heterocycles. The van der Waals surface area contributed by atoms with Crippen molar-refractivity contribution in [2.24, 2.45) is 5.10 Å². The molecule has 5 rings (SSSR count). The third-order valence-electron chi connectivity index (χ3n) is 4.54. The normalized spacial score (nSPS) is 16.6. The number of carbonyl (C=O) groups is 1. The number of benzene rings is 1. The topological polar surface area (TPSA) is 61.4 Å². The fourth-order valence-electron chi connectivity index (χ4n) is 3.23. The Hall–Kier alpha value is -2.42. The summed E-state index contributed by atoms with van der Waals surface area (Å²) in [6.07, 6.45) is 0.752. The Morgan fingerprint density at radius 3 is 2.79 bits per heavy atom. The largest absolute Gasteiger partial charge is 0.333 e. The molecule has 0 spiro atoms. The second-order valence-electron chi connectivity index (χ2n) is 6.35. The van der Waals surface area contributed by atoms with Gasteiger partial charge in [0.25, 0.3) is 5.91 Å². The van der Waals surface area contributed by atoms with Gasteiger partial charge in [-0.15, -0.1) is 22.7 Å². The number of thioether (sulfide) groups is 1. The number of rotatable bonds is 5. The Kier molecular flexibility index (Phi) is 4.76. The van der Waals surface area contributed by atoms with E-state index in [4.69, 9.17) is 5.10 Å². The van der Waals surface area contributed by atoms with E-state index in [0.717, 1.165) is 38.1 Å². The highest BCUT2D eigenvalue weighted by atomic mass is 32.2. The van der Waals surface area contributed by atoms with E-state index in [1.54, 1.807) is 27.7 Å². The molecule has 0 bridgehead atoms. The second-order valence-corrected chi connectivity index (χ2v) is 9.24. The highest BCUT2D eigenvalue weighted by molar-refractivity contribution is 7.99. The van der Waals surface area contributed by atoms with E-state index < -0.39 is 0 Å². The monoisotopic (exact) mass is 424 g/mol. The molecule has 5 nitrogen and oxygen atoms in total. The van der Waals surface area contributed by atoms with Crippen molar-refractivity contribution < 1.29 is 4.79 Å². The molecule has 1 aliphatic rings. The van der Waals surface area contributed by atoms with Crippen LogP contribution >= 0.6 is 34.4 Å². The van der Waals surface area contributed by atoms with E-state index in [1.165, 1.54) is 11.8 Å². The third-order valence-corrected chi connectivity index (χ3v) is 7.29. The van der Waals surface area contributed by atoms with Gasteiger partial charge in [0.2, 0.25) is 0 Å². The van der Waals surface area contributed by atoms with Crippen LogP contribution in [-0.4, -0.2) is 32.3 Å². The molecule has 4 aromatic rings. The van der Waals surface area contributed by atoms with Crippen molar-refractivity contribution in [2.75, 3.05) is 5.75 Å². The number of nitrogens with zero attached hydrogens (tertiary/aromatic N) is 3. The Bertz CT molecular complexity index is 1100. The van der Waals surface area contributed by atoms with Crippen molar-refractivity contribution in [2.45, 2.75) is 17.6 Å². The van der Waals surface area contributed by atoms with Crippen LogP contribution in [0.15, 0.2) is 69.5 Å². The molecule has 0 saturated heterocycles. The minimum Gasteiger partial charge on any atom is -0.333 e. The van der Waals surface area contributed by atoms with Crippen LogP contribution < -0.4 is 0 Å². The summed E-state index contributed by atoms with van der Waals surface area (Å²) in [4.78, 5) is 23.1. The number of aromatic amines is 1. The number of imidazole rings is 1. The lowest BCUT2D eigenvalue weighted by molar-refractivity contribution is -0.130. The molecular weight excluding hydrogens is 408 g/mol. The zero-order valence-electron chi connectivity index (χ0n) is 14.7. The average molecular weight is 425 g/mol. The van der Waals surface area contributed by atoms with Crippen molar-refractivity contribution in [3.05, 3.63) is 69.0 Å². The summed E-state index contributed by atoms with van der Waals surface area (Å²) in [5, 5.41) is 11.2. The summed E-state index contributed by atoms with van der Waals surface area (Å²) < 4.78 is 0. The van der Waals surface area contributed by atoms with Crippen LogP contribution in [0, 0.1) is 0 Å². The molecule has 0 radical (unpaired) electrons. The number of amides is 1. The summed E-state index contributed by atoms with van der Waals surface area (Å²) in [6, 6.07) is 16.0. The van der Waals surface area contributed by atoms with Crippen molar-refractivity contribution in [3.63, 3.8) is 0 Å². The number of thiophene rings is 2. The number of hydrazone groups is 1. The Morgan fingerprint density at radius 1 is 1.14 bits per heavy atom. The molecule has 0 aliphatic carbocycles. The van der Waals surface area contributed by atoms with Gasteiger partial charge in [0, 0.05) is 11.3 Å². The van der Waals surface area contributed by atoms with Crippen molar-refractivity contribution in [3.8, 4) is 0 Å². The maximum absolute atomic E-state index is 13.0. The first-order valence-corrected chi connectivity index (χ1v) is 11.6. The van der Waals surface area contributed by atoms with Gasteiger partial charge in [0.15, 0.2) is 5.16 Å². The minimum absolute atomic E-state index is 0.00425. The van der Waals surface area contributed by atoms with Crippen LogP contribution in [0.4, 0.5) is 0 Å². The summed E-state index contributed by atoms with van der Waals surface area (Å²) in [5.41, 5.74) is 2.87. The van der Waals surface area contributed by atoms with Gasteiger partial charge in [-0.3, -0.25) is 4.79 Å². The molecule has 1 aromatic carbocycles. The van der Waals surface area contributed by atoms with Gasteiger partial charge in [0.1, 0.15) is 0 Å².